The SMILES string of the molecule is CC(C)C(CN(C)C)NCCCCC(=O)O. The van der Waals surface area contributed by atoms with Gasteiger partial charge in [0.2, 0.25) is 0 Å². The molecule has 0 rings (SSSR count). The molecule has 1 unspecified atom stereocenters. The molecule has 0 saturated carbocycles. The van der Waals surface area contributed by atoms with Crippen molar-refractivity contribution in [1.82, 2.24) is 10.2 Å². The highest BCUT2D eigenvalue weighted by atomic mass is 16.4. The minimum absolute atomic E-state index is 0.279. The van der Waals surface area contributed by atoms with Crippen LogP contribution < -0.4 is 5.32 Å². The molecule has 0 spiro atoms. The van der Waals surface area contributed by atoms with E-state index in [-0.39, 0.29) is 6.42 Å². The third-order valence-electron chi connectivity index (χ3n) is 2.59. The Kier molecular flexibility index (Phi) is 8.21. The largest absolute Gasteiger partial charge is 0.481 e. The van der Waals surface area contributed by atoms with E-state index >= 15 is 0 Å². The van der Waals surface area contributed by atoms with Crippen molar-refractivity contribution in [3.05, 3.63) is 0 Å². The summed E-state index contributed by atoms with van der Waals surface area (Å²) in [6, 6.07) is 0.486. The number of carboxylic acids is 1. The van der Waals surface area contributed by atoms with E-state index in [1.807, 2.05) is 0 Å². The number of nitrogens with zero attached hydrogens (tertiary/aromatic N) is 1. The number of nitrogens with one attached hydrogen (secondary N) is 1. The zero-order chi connectivity index (χ0) is 12.6. The van der Waals surface area contributed by atoms with E-state index in [0.29, 0.717) is 12.0 Å². The van der Waals surface area contributed by atoms with Gasteiger partial charge >= 0.3 is 5.97 Å². The van der Waals surface area contributed by atoms with Crippen LogP contribution in [0.2, 0.25) is 0 Å². The Morgan fingerprint density at radius 2 is 1.94 bits per heavy atom. The van der Waals surface area contributed by atoms with Gasteiger partial charge < -0.3 is 15.3 Å². The summed E-state index contributed by atoms with van der Waals surface area (Å²) in [5.74, 6) is -0.101. The number of unbranched alkanes of at least 4 members (excludes halogenated alkanes) is 1. The van der Waals surface area contributed by atoms with Crippen molar-refractivity contribution in [1.29, 1.82) is 0 Å². The fourth-order valence-corrected chi connectivity index (χ4v) is 1.59. The molecule has 0 aliphatic heterocycles. The van der Waals surface area contributed by atoms with Gasteiger partial charge in [0.25, 0.3) is 0 Å². The Bertz CT molecular complexity index is 193. The first-order valence-corrected chi connectivity index (χ1v) is 6.03. The molecule has 0 fully saturated rings. The van der Waals surface area contributed by atoms with Crippen molar-refractivity contribution in [2.24, 2.45) is 5.92 Å². The number of likely N-dealkylation sites (N-methyl/N-ethyl adjacent to an activating group) is 1. The van der Waals surface area contributed by atoms with Gasteiger partial charge in [0.15, 0.2) is 0 Å². The lowest BCUT2D eigenvalue weighted by atomic mass is 10.0. The molecule has 2 N–H and O–H groups in total. The molecule has 0 amide bonds. The van der Waals surface area contributed by atoms with Crippen LogP contribution in [0.5, 0.6) is 0 Å². The quantitative estimate of drug-likeness (QED) is 0.588. The molecule has 0 aromatic heterocycles. The minimum atomic E-state index is -0.700. The zero-order valence-electron chi connectivity index (χ0n) is 11.0. The summed E-state index contributed by atoms with van der Waals surface area (Å²) in [7, 11) is 4.14. The Morgan fingerprint density at radius 1 is 1.31 bits per heavy atom. The maximum absolute atomic E-state index is 10.3. The molecule has 0 aliphatic carbocycles. The summed E-state index contributed by atoms with van der Waals surface area (Å²) in [5, 5.41) is 12.0. The van der Waals surface area contributed by atoms with E-state index in [1.54, 1.807) is 0 Å². The number of carboxylic acid groups (broad SMARTS) is 1. The second-order valence-electron chi connectivity index (χ2n) is 4.92. The van der Waals surface area contributed by atoms with Gasteiger partial charge in [0, 0.05) is 19.0 Å². The number of hydrogen-bond donors (Lipinski definition) is 2. The van der Waals surface area contributed by atoms with Crippen molar-refractivity contribution in [2.75, 3.05) is 27.2 Å². The van der Waals surface area contributed by atoms with Crippen LogP contribution >= 0.6 is 0 Å². The molecule has 4 nitrogen and oxygen atoms in total. The minimum Gasteiger partial charge on any atom is -0.481 e. The molecule has 0 aromatic rings. The van der Waals surface area contributed by atoms with Gasteiger partial charge in [0.1, 0.15) is 0 Å². The predicted molar refractivity (Wildman–Crippen MR) is 66.7 cm³/mol. The van der Waals surface area contributed by atoms with Crippen LogP contribution in [-0.2, 0) is 4.79 Å². The average molecular weight is 230 g/mol. The van der Waals surface area contributed by atoms with Crippen molar-refractivity contribution < 1.29 is 9.90 Å². The van der Waals surface area contributed by atoms with Crippen molar-refractivity contribution in [2.45, 2.75) is 39.2 Å². The van der Waals surface area contributed by atoms with Gasteiger partial charge in [-0.25, -0.2) is 0 Å². The van der Waals surface area contributed by atoms with Crippen LogP contribution in [0.15, 0.2) is 0 Å². The van der Waals surface area contributed by atoms with Gasteiger partial charge in [-0.2, -0.15) is 0 Å². The number of aliphatic carboxylic acids is 1. The first-order valence-electron chi connectivity index (χ1n) is 6.03. The number of rotatable bonds is 9. The molecule has 1 atom stereocenters. The Balaban J connectivity index is 3.64. The lowest BCUT2D eigenvalue weighted by molar-refractivity contribution is -0.137. The molecule has 0 heterocycles. The standard InChI is InChI=1S/C12H26N2O2/c1-10(2)11(9-14(3)4)13-8-6-5-7-12(15)16/h10-11,13H,5-9H2,1-4H3,(H,15,16). The highest BCUT2D eigenvalue weighted by molar-refractivity contribution is 5.66. The topological polar surface area (TPSA) is 52.6 Å². The highest BCUT2D eigenvalue weighted by Crippen LogP contribution is 2.03. The van der Waals surface area contributed by atoms with Crippen LogP contribution in [0, 0.1) is 5.92 Å². The van der Waals surface area contributed by atoms with Crippen LogP contribution in [0.25, 0.3) is 0 Å². The van der Waals surface area contributed by atoms with E-state index in [9.17, 15) is 4.79 Å². The van der Waals surface area contributed by atoms with Crippen LogP contribution in [0.3, 0.4) is 0 Å². The first kappa shape index (κ1) is 15.4. The second kappa shape index (κ2) is 8.53. The maximum atomic E-state index is 10.3. The zero-order valence-corrected chi connectivity index (χ0v) is 11.0. The average Bonchev–Trinajstić information content (AvgIpc) is 2.14. The summed E-state index contributed by atoms with van der Waals surface area (Å²) in [6.07, 6.45) is 1.97. The molecular formula is C12H26N2O2. The molecular weight excluding hydrogens is 204 g/mol. The third-order valence-corrected chi connectivity index (χ3v) is 2.59. The van der Waals surface area contributed by atoms with E-state index in [2.05, 4.69) is 38.2 Å². The fourth-order valence-electron chi connectivity index (χ4n) is 1.59. The van der Waals surface area contributed by atoms with E-state index in [0.717, 1.165) is 25.9 Å². The number of carbonyl (C=O) groups is 1. The normalized spacial score (nSPS) is 13.4. The molecule has 0 radical (unpaired) electrons. The van der Waals surface area contributed by atoms with Crippen molar-refractivity contribution in [3.8, 4) is 0 Å². The van der Waals surface area contributed by atoms with Crippen molar-refractivity contribution in [3.63, 3.8) is 0 Å². The molecule has 0 aromatic carbocycles. The van der Waals surface area contributed by atoms with Gasteiger partial charge in [-0.3, -0.25) is 4.79 Å². The molecule has 0 saturated heterocycles. The molecule has 4 heteroatoms. The number of hydrogen-bond acceptors (Lipinski definition) is 3. The van der Waals surface area contributed by atoms with E-state index in [1.165, 1.54) is 0 Å². The monoisotopic (exact) mass is 230 g/mol. The smallest absolute Gasteiger partial charge is 0.303 e. The van der Waals surface area contributed by atoms with Crippen LogP contribution in [-0.4, -0.2) is 49.2 Å². The molecule has 96 valence electrons. The Labute approximate surface area is 99.0 Å². The fraction of sp³-hybridized carbons (Fsp3) is 0.917. The highest BCUT2D eigenvalue weighted by Gasteiger charge is 2.12. The molecule has 16 heavy (non-hydrogen) atoms. The summed E-state index contributed by atoms with van der Waals surface area (Å²) < 4.78 is 0. The Hall–Kier alpha value is -0.610. The lowest BCUT2D eigenvalue weighted by Crippen LogP contribution is -2.42. The van der Waals surface area contributed by atoms with Crippen LogP contribution in [0.1, 0.15) is 33.1 Å². The second-order valence-corrected chi connectivity index (χ2v) is 4.92. The maximum Gasteiger partial charge on any atom is 0.303 e. The van der Waals surface area contributed by atoms with Gasteiger partial charge in [0.05, 0.1) is 0 Å². The first-order chi connectivity index (χ1) is 7.43. The van der Waals surface area contributed by atoms with E-state index < -0.39 is 5.97 Å². The lowest BCUT2D eigenvalue weighted by Gasteiger charge is -2.25. The van der Waals surface area contributed by atoms with E-state index in [4.69, 9.17) is 5.11 Å². The molecule has 0 bridgehead atoms. The van der Waals surface area contributed by atoms with Gasteiger partial charge in [-0.1, -0.05) is 13.8 Å². The van der Waals surface area contributed by atoms with Gasteiger partial charge in [-0.15, -0.1) is 0 Å². The summed E-state index contributed by atoms with van der Waals surface area (Å²) in [4.78, 5) is 12.5. The summed E-state index contributed by atoms with van der Waals surface area (Å²) in [6.45, 7) is 6.34. The predicted octanol–water partition coefficient (Wildman–Crippen LogP) is 1.42. The molecule has 0 aliphatic rings. The third kappa shape index (κ3) is 8.68. The summed E-state index contributed by atoms with van der Waals surface area (Å²) >= 11 is 0. The van der Waals surface area contributed by atoms with Gasteiger partial charge in [-0.05, 0) is 39.4 Å². The Morgan fingerprint density at radius 3 is 2.38 bits per heavy atom. The van der Waals surface area contributed by atoms with Crippen LogP contribution in [0.4, 0.5) is 0 Å². The van der Waals surface area contributed by atoms with Crippen molar-refractivity contribution >= 4 is 5.97 Å². The summed E-state index contributed by atoms with van der Waals surface area (Å²) in [5.41, 5.74) is 0.